The molecule has 0 radical (unpaired) electrons. The molecule has 0 amide bonds. The van der Waals surface area contributed by atoms with Gasteiger partial charge in [-0.25, -0.2) is 0 Å². The molecule has 0 bridgehead atoms. The van der Waals surface area contributed by atoms with E-state index >= 15 is 0 Å². The third-order valence-electron chi connectivity index (χ3n) is 2.92. The van der Waals surface area contributed by atoms with E-state index in [0.717, 1.165) is 10.9 Å². The smallest absolute Gasteiger partial charge is 0.248 e. The summed E-state index contributed by atoms with van der Waals surface area (Å²) in [6.45, 7) is 4.74. The standard InChI is InChI=1S/C15H20N2O3/c1-10(2)16-8-11(18)9-20-14-5-3-4-13-12(14)6-7-15(19)17-13/h3-7,10-11,16,18H,8-9H2,1-2H3,(H,17,19). The molecule has 0 spiro atoms. The van der Waals surface area contributed by atoms with Gasteiger partial charge in [-0.15, -0.1) is 0 Å². The van der Waals surface area contributed by atoms with E-state index in [2.05, 4.69) is 10.3 Å². The summed E-state index contributed by atoms with van der Waals surface area (Å²) in [6.07, 6.45) is -0.574. The Balaban J connectivity index is 2.04. The SMILES string of the molecule is CC(C)NCC(O)COc1cccc2[nH]c(=O)ccc12. The van der Waals surface area contributed by atoms with Gasteiger partial charge in [0.05, 0.1) is 5.52 Å². The van der Waals surface area contributed by atoms with Crippen molar-refractivity contribution < 1.29 is 9.84 Å². The number of pyridine rings is 1. The van der Waals surface area contributed by atoms with Gasteiger partial charge in [0, 0.05) is 24.0 Å². The minimum Gasteiger partial charge on any atom is -0.490 e. The van der Waals surface area contributed by atoms with Crippen molar-refractivity contribution in [3.05, 3.63) is 40.7 Å². The molecular weight excluding hydrogens is 256 g/mol. The van der Waals surface area contributed by atoms with Crippen molar-refractivity contribution in [1.82, 2.24) is 10.3 Å². The monoisotopic (exact) mass is 276 g/mol. The van der Waals surface area contributed by atoms with Crippen molar-refractivity contribution in [2.24, 2.45) is 0 Å². The van der Waals surface area contributed by atoms with Crippen LogP contribution in [0.5, 0.6) is 5.75 Å². The van der Waals surface area contributed by atoms with Crippen LogP contribution in [0, 0.1) is 0 Å². The van der Waals surface area contributed by atoms with Crippen molar-refractivity contribution in [2.45, 2.75) is 26.0 Å². The molecule has 0 saturated heterocycles. The summed E-state index contributed by atoms with van der Waals surface area (Å²) >= 11 is 0. The zero-order valence-electron chi connectivity index (χ0n) is 11.7. The number of aromatic amines is 1. The van der Waals surface area contributed by atoms with E-state index in [9.17, 15) is 9.90 Å². The lowest BCUT2D eigenvalue weighted by Crippen LogP contribution is -2.35. The second kappa shape index (κ2) is 6.54. The maximum Gasteiger partial charge on any atom is 0.248 e. The molecule has 5 nitrogen and oxygen atoms in total. The first-order valence-electron chi connectivity index (χ1n) is 6.72. The van der Waals surface area contributed by atoms with Gasteiger partial charge >= 0.3 is 0 Å². The van der Waals surface area contributed by atoms with Gasteiger partial charge in [0.1, 0.15) is 18.5 Å². The topological polar surface area (TPSA) is 74.3 Å². The van der Waals surface area contributed by atoms with Crippen molar-refractivity contribution in [3.63, 3.8) is 0 Å². The van der Waals surface area contributed by atoms with Gasteiger partial charge in [-0.05, 0) is 18.2 Å². The molecule has 1 unspecified atom stereocenters. The summed E-state index contributed by atoms with van der Waals surface area (Å²) in [5.74, 6) is 0.655. The number of hydrogen-bond acceptors (Lipinski definition) is 4. The molecule has 3 N–H and O–H groups in total. The van der Waals surface area contributed by atoms with E-state index in [0.29, 0.717) is 18.3 Å². The Hall–Kier alpha value is -1.85. The molecule has 1 aromatic heterocycles. The van der Waals surface area contributed by atoms with Crippen molar-refractivity contribution in [1.29, 1.82) is 0 Å². The summed E-state index contributed by atoms with van der Waals surface area (Å²) in [6, 6.07) is 8.97. The molecule has 0 aliphatic rings. The van der Waals surface area contributed by atoms with Gasteiger partial charge in [0.25, 0.3) is 0 Å². The fraction of sp³-hybridized carbons (Fsp3) is 0.400. The second-order valence-electron chi connectivity index (χ2n) is 5.07. The first kappa shape index (κ1) is 14.6. The average Bonchev–Trinajstić information content (AvgIpc) is 2.42. The van der Waals surface area contributed by atoms with Crippen molar-refractivity contribution in [2.75, 3.05) is 13.2 Å². The lowest BCUT2D eigenvalue weighted by molar-refractivity contribution is 0.105. The van der Waals surface area contributed by atoms with Gasteiger partial charge in [-0.3, -0.25) is 4.79 Å². The third kappa shape index (κ3) is 3.82. The molecule has 0 fully saturated rings. The molecule has 0 saturated carbocycles. The number of hydrogen-bond donors (Lipinski definition) is 3. The lowest BCUT2D eigenvalue weighted by Gasteiger charge is -2.15. The van der Waals surface area contributed by atoms with Crippen LogP contribution in [-0.4, -0.2) is 35.4 Å². The quantitative estimate of drug-likeness (QED) is 0.742. The highest BCUT2D eigenvalue weighted by molar-refractivity contribution is 5.84. The highest BCUT2D eigenvalue weighted by Crippen LogP contribution is 2.22. The second-order valence-corrected chi connectivity index (χ2v) is 5.07. The average molecular weight is 276 g/mol. The molecule has 5 heteroatoms. The van der Waals surface area contributed by atoms with Crippen LogP contribution >= 0.6 is 0 Å². The number of nitrogens with one attached hydrogen (secondary N) is 2. The molecule has 2 aromatic rings. The number of fused-ring (bicyclic) bond motifs is 1. The van der Waals surface area contributed by atoms with Crippen LogP contribution in [0.2, 0.25) is 0 Å². The maximum atomic E-state index is 11.3. The molecule has 0 aliphatic heterocycles. The van der Waals surface area contributed by atoms with Crippen LogP contribution in [0.3, 0.4) is 0 Å². The molecule has 20 heavy (non-hydrogen) atoms. The highest BCUT2D eigenvalue weighted by atomic mass is 16.5. The third-order valence-corrected chi connectivity index (χ3v) is 2.92. The summed E-state index contributed by atoms with van der Waals surface area (Å²) in [7, 11) is 0. The summed E-state index contributed by atoms with van der Waals surface area (Å²) < 4.78 is 5.64. The Morgan fingerprint density at radius 3 is 2.85 bits per heavy atom. The van der Waals surface area contributed by atoms with E-state index in [1.165, 1.54) is 6.07 Å². The van der Waals surface area contributed by atoms with Crippen LogP contribution in [0.15, 0.2) is 35.1 Å². The van der Waals surface area contributed by atoms with E-state index in [4.69, 9.17) is 4.74 Å². The van der Waals surface area contributed by atoms with Crippen LogP contribution in [0.1, 0.15) is 13.8 Å². The molecule has 1 atom stereocenters. The number of ether oxygens (including phenoxy) is 1. The number of aromatic nitrogens is 1. The van der Waals surface area contributed by atoms with Gasteiger partial charge in [0.15, 0.2) is 0 Å². The number of aliphatic hydroxyl groups is 1. The fourth-order valence-corrected chi connectivity index (χ4v) is 1.90. The number of aliphatic hydroxyl groups excluding tert-OH is 1. The van der Waals surface area contributed by atoms with Gasteiger partial charge < -0.3 is 20.1 Å². The van der Waals surface area contributed by atoms with E-state index in [1.54, 1.807) is 6.07 Å². The van der Waals surface area contributed by atoms with Crippen LogP contribution < -0.4 is 15.6 Å². The van der Waals surface area contributed by atoms with Crippen LogP contribution in [0.25, 0.3) is 10.9 Å². The molecule has 2 rings (SSSR count). The Kier molecular flexibility index (Phi) is 4.76. The Morgan fingerprint density at radius 2 is 2.10 bits per heavy atom. The van der Waals surface area contributed by atoms with Gasteiger partial charge in [-0.2, -0.15) is 0 Å². The van der Waals surface area contributed by atoms with Crippen molar-refractivity contribution in [3.8, 4) is 5.75 Å². The summed E-state index contributed by atoms with van der Waals surface area (Å²) in [5.41, 5.74) is 0.584. The van der Waals surface area contributed by atoms with Crippen LogP contribution in [0.4, 0.5) is 0 Å². The zero-order valence-corrected chi connectivity index (χ0v) is 11.7. The van der Waals surface area contributed by atoms with E-state index in [1.807, 2.05) is 32.0 Å². The van der Waals surface area contributed by atoms with Gasteiger partial charge in [-0.1, -0.05) is 19.9 Å². The van der Waals surface area contributed by atoms with Crippen molar-refractivity contribution >= 4 is 10.9 Å². The number of H-pyrrole nitrogens is 1. The molecule has 108 valence electrons. The first-order valence-corrected chi connectivity index (χ1v) is 6.72. The van der Waals surface area contributed by atoms with E-state index in [-0.39, 0.29) is 12.2 Å². The van der Waals surface area contributed by atoms with Crippen LogP contribution in [-0.2, 0) is 0 Å². The molecule has 1 aromatic carbocycles. The Morgan fingerprint density at radius 1 is 1.30 bits per heavy atom. The predicted molar refractivity (Wildman–Crippen MR) is 79.2 cm³/mol. The normalized spacial score (nSPS) is 12.8. The minimum absolute atomic E-state index is 0.143. The minimum atomic E-state index is -0.574. The molecular formula is C15H20N2O3. The molecule has 1 heterocycles. The largest absolute Gasteiger partial charge is 0.490 e. The number of benzene rings is 1. The van der Waals surface area contributed by atoms with E-state index < -0.39 is 6.10 Å². The maximum absolute atomic E-state index is 11.3. The predicted octanol–water partition coefficient (Wildman–Crippen LogP) is 1.27. The summed E-state index contributed by atoms with van der Waals surface area (Å²) in [5, 5.41) is 13.8. The number of rotatable bonds is 6. The Bertz CT molecular complexity index is 622. The zero-order chi connectivity index (χ0) is 14.5. The highest BCUT2D eigenvalue weighted by Gasteiger charge is 2.08. The first-order chi connectivity index (χ1) is 9.56. The molecule has 0 aliphatic carbocycles. The Labute approximate surface area is 117 Å². The van der Waals surface area contributed by atoms with Gasteiger partial charge in [0.2, 0.25) is 5.56 Å². The lowest BCUT2D eigenvalue weighted by atomic mass is 10.2. The summed E-state index contributed by atoms with van der Waals surface area (Å²) in [4.78, 5) is 14.0. The fourth-order valence-electron chi connectivity index (χ4n) is 1.90.